The Bertz CT molecular complexity index is 1250. The van der Waals surface area contributed by atoms with Crippen molar-refractivity contribution in [2.75, 3.05) is 13.2 Å². The summed E-state index contributed by atoms with van der Waals surface area (Å²) in [5, 5.41) is 9.17. The van der Waals surface area contributed by atoms with Crippen LogP contribution in [0.1, 0.15) is 44.7 Å². The van der Waals surface area contributed by atoms with Gasteiger partial charge in [0.25, 0.3) is 5.91 Å². The monoisotopic (exact) mass is 513 g/mol. The highest BCUT2D eigenvalue weighted by atomic mass is 19.1. The van der Waals surface area contributed by atoms with E-state index in [0.717, 1.165) is 24.8 Å². The van der Waals surface area contributed by atoms with Crippen molar-refractivity contribution in [3.05, 3.63) is 138 Å². The molecule has 0 atom stereocenters. The SMILES string of the molecule is C=C(F)/C=C\C=C/COc1ccc(C(=O)N(CCCCc2ccccc2)Cc2ccc(C(=O)O)cc2)cc1. The summed E-state index contributed by atoms with van der Waals surface area (Å²) in [6.07, 6.45) is 8.93. The number of carboxylic acid groups (broad SMARTS) is 1. The number of carboxylic acids is 1. The quantitative estimate of drug-likeness (QED) is 0.186. The van der Waals surface area contributed by atoms with Gasteiger partial charge >= 0.3 is 5.97 Å². The summed E-state index contributed by atoms with van der Waals surface area (Å²) < 4.78 is 18.2. The average molecular weight is 514 g/mol. The van der Waals surface area contributed by atoms with E-state index in [1.54, 1.807) is 65.6 Å². The van der Waals surface area contributed by atoms with Gasteiger partial charge in [-0.15, -0.1) is 0 Å². The number of hydrogen-bond donors (Lipinski definition) is 1. The van der Waals surface area contributed by atoms with E-state index in [9.17, 15) is 14.0 Å². The predicted octanol–water partition coefficient (Wildman–Crippen LogP) is 7.02. The van der Waals surface area contributed by atoms with Gasteiger partial charge in [0.2, 0.25) is 0 Å². The van der Waals surface area contributed by atoms with Crippen molar-refractivity contribution < 1.29 is 23.8 Å². The summed E-state index contributed by atoms with van der Waals surface area (Å²) in [6, 6.07) is 23.8. The Balaban J connectivity index is 1.63. The fourth-order valence-corrected chi connectivity index (χ4v) is 3.82. The van der Waals surface area contributed by atoms with E-state index in [2.05, 4.69) is 18.7 Å². The number of halogens is 1. The molecule has 5 nitrogen and oxygen atoms in total. The first-order chi connectivity index (χ1) is 18.4. The molecular weight excluding hydrogens is 481 g/mol. The third-order valence-corrected chi connectivity index (χ3v) is 5.82. The van der Waals surface area contributed by atoms with E-state index in [1.165, 1.54) is 17.7 Å². The van der Waals surface area contributed by atoms with Crippen LogP contribution in [-0.2, 0) is 13.0 Å². The molecule has 0 heterocycles. The zero-order chi connectivity index (χ0) is 27.2. The number of hydrogen-bond acceptors (Lipinski definition) is 3. The van der Waals surface area contributed by atoms with Crippen LogP contribution in [0, 0.1) is 0 Å². The Hall–Kier alpha value is -4.45. The molecule has 0 spiro atoms. The molecule has 1 amide bonds. The van der Waals surface area contributed by atoms with Crippen LogP contribution >= 0.6 is 0 Å². The first-order valence-electron chi connectivity index (χ1n) is 12.5. The zero-order valence-corrected chi connectivity index (χ0v) is 21.3. The van der Waals surface area contributed by atoms with E-state index in [4.69, 9.17) is 9.84 Å². The van der Waals surface area contributed by atoms with Gasteiger partial charge in [-0.1, -0.05) is 61.2 Å². The summed E-state index contributed by atoms with van der Waals surface area (Å²) in [5.74, 6) is -0.984. The van der Waals surface area contributed by atoms with Crippen molar-refractivity contribution in [3.8, 4) is 5.75 Å². The Labute approximate surface area is 223 Å². The summed E-state index contributed by atoms with van der Waals surface area (Å²) in [5.41, 5.74) is 2.89. The molecule has 0 fully saturated rings. The lowest BCUT2D eigenvalue weighted by molar-refractivity contribution is 0.0694. The molecule has 0 aliphatic rings. The van der Waals surface area contributed by atoms with Gasteiger partial charge in [-0.25, -0.2) is 9.18 Å². The van der Waals surface area contributed by atoms with Crippen molar-refractivity contribution in [1.29, 1.82) is 0 Å². The van der Waals surface area contributed by atoms with Gasteiger partial charge in [-0.3, -0.25) is 4.79 Å². The van der Waals surface area contributed by atoms with Crippen LogP contribution in [0.5, 0.6) is 5.75 Å². The molecule has 1 N–H and O–H groups in total. The van der Waals surface area contributed by atoms with Crippen LogP contribution in [0.4, 0.5) is 4.39 Å². The number of aromatic carboxylic acids is 1. The lowest BCUT2D eigenvalue weighted by atomic mass is 10.1. The summed E-state index contributed by atoms with van der Waals surface area (Å²) >= 11 is 0. The summed E-state index contributed by atoms with van der Waals surface area (Å²) in [4.78, 5) is 26.4. The highest BCUT2D eigenvalue weighted by Crippen LogP contribution is 2.17. The Morgan fingerprint density at radius 2 is 1.55 bits per heavy atom. The molecule has 0 saturated heterocycles. The standard InChI is InChI=1S/C32H32FNO4/c1-25(33)10-4-3-9-23-38-30-20-18-28(19-21-30)31(35)34(22-8-7-13-26-11-5-2-6-12-26)24-27-14-16-29(17-15-27)32(36)37/h2-6,9-12,14-21H,1,7-8,13,22-24H2,(H,36,37)/b9-3-,10-4-. The second-order valence-corrected chi connectivity index (χ2v) is 8.74. The van der Waals surface area contributed by atoms with Crippen molar-refractivity contribution in [1.82, 2.24) is 4.90 Å². The maximum absolute atomic E-state index is 13.4. The molecule has 38 heavy (non-hydrogen) atoms. The smallest absolute Gasteiger partial charge is 0.335 e. The maximum Gasteiger partial charge on any atom is 0.335 e. The molecule has 3 aromatic rings. The number of ether oxygens (including phenoxy) is 1. The number of rotatable bonds is 14. The molecule has 3 aromatic carbocycles. The minimum Gasteiger partial charge on any atom is -0.490 e. The van der Waals surface area contributed by atoms with Gasteiger partial charge in [-0.2, -0.15) is 0 Å². The number of allylic oxidation sites excluding steroid dienone is 4. The van der Waals surface area contributed by atoms with E-state index in [1.807, 2.05) is 18.2 Å². The number of unbranched alkanes of at least 4 members (excludes halogenated alkanes) is 1. The highest BCUT2D eigenvalue weighted by Gasteiger charge is 2.17. The Morgan fingerprint density at radius 3 is 2.21 bits per heavy atom. The van der Waals surface area contributed by atoms with Crippen LogP contribution in [0.3, 0.4) is 0 Å². The van der Waals surface area contributed by atoms with Crippen LogP contribution in [0.2, 0.25) is 0 Å². The van der Waals surface area contributed by atoms with E-state index in [-0.39, 0.29) is 11.5 Å². The van der Waals surface area contributed by atoms with Crippen LogP contribution < -0.4 is 4.74 Å². The first-order valence-corrected chi connectivity index (χ1v) is 12.5. The minimum absolute atomic E-state index is 0.102. The van der Waals surface area contributed by atoms with Gasteiger partial charge in [0.05, 0.1) is 5.56 Å². The molecule has 6 heteroatoms. The fourth-order valence-electron chi connectivity index (χ4n) is 3.82. The van der Waals surface area contributed by atoms with Crippen molar-refractivity contribution in [3.63, 3.8) is 0 Å². The van der Waals surface area contributed by atoms with Crippen molar-refractivity contribution >= 4 is 11.9 Å². The lowest BCUT2D eigenvalue weighted by Gasteiger charge is -2.23. The summed E-state index contributed by atoms with van der Waals surface area (Å²) in [7, 11) is 0. The van der Waals surface area contributed by atoms with Crippen LogP contribution in [-0.4, -0.2) is 35.0 Å². The third kappa shape index (κ3) is 9.54. The van der Waals surface area contributed by atoms with Crippen LogP contribution in [0.15, 0.2) is 116 Å². The first kappa shape index (κ1) is 28.1. The number of carbonyl (C=O) groups excluding carboxylic acids is 1. The third-order valence-electron chi connectivity index (χ3n) is 5.82. The largest absolute Gasteiger partial charge is 0.490 e. The molecule has 3 rings (SSSR count). The maximum atomic E-state index is 13.4. The molecule has 0 aromatic heterocycles. The van der Waals surface area contributed by atoms with Gasteiger partial charge in [0.1, 0.15) is 18.2 Å². The van der Waals surface area contributed by atoms with Gasteiger partial charge < -0.3 is 14.7 Å². The molecule has 0 saturated carbocycles. The molecule has 0 radical (unpaired) electrons. The molecule has 0 unspecified atom stereocenters. The molecule has 196 valence electrons. The van der Waals surface area contributed by atoms with E-state index < -0.39 is 11.8 Å². The van der Waals surface area contributed by atoms with Crippen molar-refractivity contribution in [2.45, 2.75) is 25.8 Å². The minimum atomic E-state index is -0.981. The normalized spacial score (nSPS) is 11.1. The molecule has 0 aliphatic carbocycles. The van der Waals surface area contributed by atoms with Gasteiger partial charge in [0, 0.05) is 18.7 Å². The highest BCUT2D eigenvalue weighted by molar-refractivity contribution is 5.94. The average Bonchev–Trinajstić information content (AvgIpc) is 2.93. The number of carbonyl (C=O) groups is 2. The van der Waals surface area contributed by atoms with Gasteiger partial charge in [-0.05, 0) is 78.9 Å². The summed E-state index contributed by atoms with van der Waals surface area (Å²) in [6.45, 7) is 4.41. The second-order valence-electron chi connectivity index (χ2n) is 8.74. The topological polar surface area (TPSA) is 66.8 Å². The second kappa shape index (κ2) is 15.0. The molecule has 0 aliphatic heterocycles. The molecule has 0 bridgehead atoms. The van der Waals surface area contributed by atoms with Crippen molar-refractivity contribution in [2.24, 2.45) is 0 Å². The Morgan fingerprint density at radius 1 is 0.868 bits per heavy atom. The Kier molecular flexibility index (Phi) is 11.1. The molecular formula is C32H32FNO4. The number of benzene rings is 3. The number of aryl methyl sites for hydroxylation is 1. The zero-order valence-electron chi connectivity index (χ0n) is 21.3. The van der Waals surface area contributed by atoms with E-state index in [0.29, 0.717) is 31.0 Å². The lowest BCUT2D eigenvalue weighted by Crippen LogP contribution is -2.31. The van der Waals surface area contributed by atoms with Crippen LogP contribution in [0.25, 0.3) is 0 Å². The fraction of sp³-hybridized carbons (Fsp3) is 0.188. The predicted molar refractivity (Wildman–Crippen MR) is 148 cm³/mol. The number of nitrogens with zero attached hydrogens (tertiary/aromatic N) is 1. The van der Waals surface area contributed by atoms with Gasteiger partial charge in [0.15, 0.2) is 0 Å². The van der Waals surface area contributed by atoms with E-state index >= 15 is 0 Å². The number of amides is 1.